The molecule has 0 aliphatic rings. The molecule has 0 N–H and O–H groups in total. The van der Waals surface area contributed by atoms with Gasteiger partial charge in [0.15, 0.2) is 0 Å². The molecule has 352 valence electrons. The second-order valence-electron chi connectivity index (χ2n) is 19.8. The Morgan fingerprint density at radius 3 is 0.898 bits per heavy atom. The second-order valence-corrected chi connectivity index (χ2v) is 19.8. The summed E-state index contributed by atoms with van der Waals surface area (Å²) in [6.45, 7) is 7.60. The molecule has 0 aromatic carbocycles. The Hall–Kier alpha value is -0.790. The number of carbonyl (C=O) groups is 1. The van der Waals surface area contributed by atoms with Crippen molar-refractivity contribution < 1.29 is 9.53 Å². The molecule has 0 spiro atoms. The molecule has 0 rings (SSSR count). The van der Waals surface area contributed by atoms with E-state index in [1.807, 2.05) is 0 Å². The minimum Gasteiger partial charge on any atom is -0.466 e. The van der Waals surface area contributed by atoms with Crippen molar-refractivity contribution in [1.29, 1.82) is 0 Å². The van der Waals surface area contributed by atoms with E-state index in [9.17, 15) is 4.79 Å². The maximum atomic E-state index is 12.0. The Morgan fingerprint density at radius 1 is 0.339 bits per heavy atom. The van der Waals surface area contributed by atoms with Gasteiger partial charge in [-0.1, -0.05) is 303 Å². The van der Waals surface area contributed by atoms with E-state index in [1.165, 1.54) is 289 Å². The van der Waals surface area contributed by atoms with Crippen LogP contribution >= 0.6 is 0 Å². The summed E-state index contributed by atoms with van der Waals surface area (Å²) >= 11 is 0. The summed E-state index contributed by atoms with van der Waals surface area (Å²) in [5.74, 6) is 0.911. The number of hydrogen-bond donors (Lipinski definition) is 0. The molecular formula is C57H112O2. The van der Waals surface area contributed by atoms with Gasteiger partial charge in [0.05, 0.1) is 6.61 Å². The van der Waals surface area contributed by atoms with Gasteiger partial charge < -0.3 is 4.74 Å². The van der Waals surface area contributed by atoms with Crippen LogP contribution in [0.15, 0.2) is 12.2 Å². The van der Waals surface area contributed by atoms with E-state index in [0.29, 0.717) is 13.0 Å². The number of carbonyl (C=O) groups excluding carboxylic acids is 1. The first kappa shape index (κ1) is 58.2. The number of hydrogen-bond acceptors (Lipinski definition) is 2. The topological polar surface area (TPSA) is 26.3 Å². The van der Waals surface area contributed by atoms with Gasteiger partial charge in [-0.05, 0) is 44.4 Å². The summed E-state index contributed by atoms with van der Waals surface area (Å²) in [4.78, 5) is 12.0. The van der Waals surface area contributed by atoms with Crippen LogP contribution in [-0.2, 0) is 9.53 Å². The first-order valence-corrected chi connectivity index (χ1v) is 28.0. The third-order valence-electron chi connectivity index (χ3n) is 13.1. The molecule has 0 unspecified atom stereocenters. The fourth-order valence-electron chi connectivity index (χ4n) is 8.91. The molecule has 0 amide bonds. The lowest BCUT2D eigenvalue weighted by Gasteiger charge is -2.06. The van der Waals surface area contributed by atoms with Gasteiger partial charge in [-0.15, -0.1) is 0 Å². The lowest BCUT2D eigenvalue weighted by molar-refractivity contribution is -0.143. The first-order valence-electron chi connectivity index (χ1n) is 28.0. The van der Waals surface area contributed by atoms with Crippen molar-refractivity contribution in [3.05, 3.63) is 12.2 Å². The molecule has 0 aromatic heterocycles. The lowest BCUT2D eigenvalue weighted by atomic mass is 10.0. The fourth-order valence-corrected chi connectivity index (χ4v) is 8.91. The molecule has 0 saturated carbocycles. The minimum absolute atomic E-state index is 0.0208. The van der Waals surface area contributed by atoms with E-state index >= 15 is 0 Å². The average Bonchev–Trinajstić information content (AvgIpc) is 3.23. The van der Waals surface area contributed by atoms with Gasteiger partial charge >= 0.3 is 5.97 Å². The van der Waals surface area contributed by atoms with Crippen molar-refractivity contribution >= 4 is 5.97 Å². The number of ether oxygens (including phenoxy) is 1. The second kappa shape index (κ2) is 53.3. The van der Waals surface area contributed by atoms with Crippen molar-refractivity contribution in [2.24, 2.45) is 5.92 Å². The molecule has 0 aliphatic heterocycles. The molecular weight excluding hydrogens is 717 g/mol. The highest BCUT2D eigenvalue weighted by atomic mass is 16.5. The molecule has 0 radical (unpaired) electrons. The van der Waals surface area contributed by atoms with Crippen LogP contribution in [0.1, 0.15) is 335 Å². The minimum atomic E-state index is 0.0208. The van der Waals surface area contributed by atoms with E-state index in [0.717, 1.165) is 25.2 Å². The highest BCUT2D eigenvalue weighted by molar-refractivity contribution is 5.69. The molecule has 0 aliphatic carbocycles. The zero-order chi connectivity index (χ0) is 42.6. The van der Waals surface area contributed by atoms with E-state index < -0.39 is 0 Å². The summed E-state index contributed by atoms with van der Waals surface area (Å²) < 4.78 is 5.48. The van der Waals surface area contributed by atoms with Crippen molar-refractivity contribution in [3.8, 4) is 0 Å². The van der Waals surface area contributed by atoms with Gasteiger partial charge in [0.25, 0.3) is 0 Å². The molecule has 2 nitrogen and oxygen atoms in total. The number of rotatable bonds is 52. The van der Waals surface area contributed by atoms with Gasteiger partial charge in [-0.2, -0.15) is 0 Å². The van der Waals surface area contributed by atoms with Gasteiger partial charge in [0.1, 0.15) is 0 Å². The third-order valence-corrected chi connectivity index (χ3v) is 13.1. The predicted molar refractivity (Wildman–Crippen MR) is 267 cm³/mol. The van der Waals surface area contributed by atoms with Crippen LogP contribution in [0, 0.1) is 5.92 Å². The van der Waals surface area contributed by atoms with Crippen LogP contribution in [0.4, 0.5) is 0 Å². The van der Waals surface area contributed by atoms with Crippen LogP contribution in [-0.4, -0.2) is 12.6 Å². The summed E-state index contributed by atoms with van der Waals surface area (Å²) in [7, 11) is 0. The van der Waals surface area contributed by atoms with Crippen molar-refractivity contribution in [2.45, 2.75) is 335 Å². The molecule has 2 heteroatoms. The highest BCUT2D eigenvalue weighted by Gasteiger charge is 2.03. The number of unbranched alkanes of at least 4 members (excludes halogenated alkanes) is 44. The smallest absolute Gasteiger partial charge is 0.305 e. The molecule has 0 heterocycles. The Balaban J connectivity index is 3.13. The lowest BCUT2D eigenvalue weighted by Crippen LogP contribution is -2.05. The fraction of sp³-hybridized carbons (Fsp3) is 0.947. The van der Waals surface area contributed by atoms with E-state index in [4.69, 9.17) is 4.74 Å². The normalized spacial score (nSPS) is 11.8. The maximum absolute atomic E-state index is 12.0. The van der Waals surface area contributed by atoms with Gasteiger partial charge in [-0.25, -0.2) is 0 Å². The number of allylic oxidation sites excluding steroid dienone is 2. The van der Waals surface area contributed by atoms with Crippen molar-refractivity contribution in [1.82, 2.24) is 0 Å². The predicted octanol–water partition coefficient (Wildman–Crippen LogP) is 20.9. The zero-order valence-corrected chi connectivity index (χ0v) is 41.4. The average molecular weight is 830 g/mol. The zero-order valence-electron chi connectivity index (χ0n) is 41.4. The maximum Gasteiger partial charge on any atom is 0.305 e. The standard InChI is InChI=1S/C57H112O2/c1-4-5-6-7-8-9-10-35-39-42-45-48-51-54-57(58)59-55-52-49-46-43-40-37-34-32-30-28-26-24-22-20-18-16-14-12-11-13-15-17-19-21-23-25-27-29-31-33-36-38-41-44-47-50-53-56(2)3/h9-10,56H,4-8,11-55H2,1-3H3/b10-9-. The molecule has 0 atom stereocenters. The van der Waals surface area contributed by atoms with Gasteiger partial charge in [0, 0.05) is 6.42 Å². The molecule has 0 fully saturated rings. The van der Waals surface area contributed by atoms with Crippen molar-refractivity contribution in [3.63, 3.8) is 0 Å². The van der Waals surface area contributed by atoms with Crippen molar-refractivity contribution in [2.75, 3.05) is 6.61 Å². The van der Waals surface area contributed by atoms with Crippen LogP contribution in [0.25, 0.3) is 0 Å². The van der Waals surface area contributed by atoms with Crippen LogP contribution in [0.2, 0.25) is 0 Å². The van der Waals surface area contributed by atoms with Gasteiger partial charge in [-0.3, -0.25) is 4.79 Å². The quantitative estimate of drug-likeness (QED) is 0.0347. The Kier molecular flexibility index (Phi) is 52.6. The Morgan fingerprint density at radius 2 is 0.593 bits per heavy atom. The SMILES string of the molecule is CCCCCC/C=C\CCCCCCCC(=O)OCCCCCCCCCCCCCCCCCCCCCCCCCCCCCCCCCCCCCCC(C)C. The highest BCUT2D eigenvalue weighted by Crippen LogP contribution is 2.18. The summed E-state index contributed by atoms with van der Waals surface area (Å²) in [6, 6.07) is 0. The first-order chi connectivity index (χ1) is 29.2. The molecule has 0 saturated heterocycles. The van der Waals surface area contributed by atoms with Crippen LogP contribution in [0.3, 0.4) is 0 Å². The summed E-state index contributed by atoms with van der Waals surface area (Å²) in [5, 5.41) is 0. The monoisotopic (exact) mass is 829 g/mol. The molecule has 59 heavy (non-hydrogen) atoms. The Bertz CT molecular complexity index is 786. The van der Waals surface area contributed by atoms with E-state index in [1.54, 1.807) is 0 Å². The largest absolute Gasteiger partial charge is 0.466 e. The van der Waals surface area contributed by atoms with Crippen LogP contribution in [0.5, 0.6) is 0 Å². The van der Waals surface area contributed by atoms with E-state index in [-0.39, 0.29) is 5.97 Å². The van der Waals surface area contributed by atoms with Gasteiger partial charge in [0.2, 0.25) is 0 Å². The molecule has 0 bridgehead atoms. The van der Waals surface area contributed by atoms with E-state index in [2.05, 4.69) is 32.9 Å². The third kappa shape index (κ3) is 55.2. The summed E-state index contributed by atoms with van der Waals surface area (Å²) in [6.07, 6.45) is 72.5. The molecule has 0 aromatic rings. The summed E-state index contributed by atoms with van der Waals surface area (Å²) in [5.41, 5.74) is 0. The van der Waals surface area contributed by atoms with Crippen LogP contribution < -0.4 is 0 Å². The number of esters is 1. The Labute approximate surface area is 374 Å².